The maximum Gasteiger partial charge on any atom is 0.285 e. The fraction of sp³-hybridized carbons (Fsp3) is 0. The maximum absolute atomic E-state index is 11.4. The summed E-state index contributed by atoms with van der Waals surface area (Å²) >= 11 is 0. The fourth-order valence-electron chi connectivity index (χ4n) is 3.33. The molecule has 24 nitrogen and oxygen atoms in total. The van der Waals surface area contributed by atoms with Crippen LogP contribution in [-0.2, 0) is 40.1 Å². The molecule has 4 rings (SSSR count). The third kappa shape index (κ3) is 16.7. The van der Waals surface area contributed by atoms with Crippen LogP contribution < -0.4 is 68.8 Å². The summed E-state index contributed by atoms with van der Waals surface area (Å²) in [6.07, 6.45) is 0. The Labute approximate surface area is 322 Å². The van der Waals surface area contributed by atoms with Crippen LogP contribution in [0.1, 0.15) is 0 Å². The van der Waals surface area contributed by atoms with Crippen LogP contribution in [0.3, 0.4) is 0 Å². The molecule has 0 heterocycles. The number of anilines is 4. The molecule has 0 saturated heterocycles. The molecule has 28 heteroatoms. The topological polar surface area (TPSA) is 498 Å². The van der Waals surface area contributed by atoms with Crippen molar-refractivity contribution in [3.05, 3.63) is 97.1 Å². The average molecular weight is 857 g/mol. The molecule has 24 N–H and O–H groups in total. The first-order valence-corrected chi connectivity index (χ1v) is 20.3. The predicted molar refractivity (Wildman–Crippen MR) is 215 cm³/mol. The number of sulfonamides is 4. The molecule has 4 aromatic carbocycles. The van der Waals surface area contributed by atoms with E-state index in [0.29, 0.717) is 22.7 Å². The van der Waals surface area contributed by atoms with E-state index in [0.717, 1.165) is 0 Å². The molecule has 0 radical (unpaired) electrons. The molecule has 0 aliphatic rings. The highest BCUT2D eigenvalue weighted by atomic mass is 32.2. The lowest BCUT2D eigenvalue weighted by molar-refractivity contribution is 0.596. The zero-order chi connectivity index (χ0) is 43.1. The Hall–Kier alpha value is -7.04. The van der Waals surface area contributed by atoms with Gasteiger partial charge in [0.25, 0.3) is 40.1 Å². The summed E-state index contributed by atoms with van der Waals surface area (Å²) in [5.41, 5.74) is 63.2. The van der Waals surface area contributed by atoms with Crippen LogP contribution in [0.15, 0.2) is 134 Å². The Kier molecular flexibility index (Phi) is 16.7. The predicted octanol–water partition coefficient (Wildman–Crippen LogP) is -3.08. The van der Waals surface area contributed by atoms with Crippen LogP contribution in [0.4, 0.5) is 22.7 Å². The fourth-order valence-corrected chi connectivity index (χ4v) is 6.78. The van der Waals surface area contributed by atoms with Gasteiger partial charge in [0.15, 0.2) is 0 Å². The Morgan fingerprint density at radius 2 is 0.411 bits per heavy atom. The van der Waals surface area contributed by atoms with Crippen molar-refractivity contribution in [2.75, 3.05) is 22.9 Å². The van der Waals surface area contributed by atoms with Crippen molar-refractivity contribution in [2.24, 2.45) is 63.5 Å². The zero-order valence-corrected chi connectivity index (χ0v) is 32.1. The summed E-state index contributed by atoms with van der Waals surface area (Å²) in [5, 5.41) is 0. The summed E-state index contributed by atoms with van der Waals surface area (Å²) in [4.78, 5) is 0.000370. The number of nitrogens with zero attached hydrogens (tertiary/aromatic N) is 4. The highest BCUT2D eigenvalue weighted by Gasteiger charge is 2.14. The second kappa shape index (κ2) is 19.9. The Bertz CT molecular complexity index is 2140. The van der Waals surface area contributed by atoms with Gasteiger partial charge in [-0.2, -0.15) is 33.7 Å². The normalized spacial score (nSPS) is 10.9. The Morgan fingerprint density at radius 1 is 0.286 bits per heavy atom. The maximum atomic E-state index is 11.4. The minimum Gasteiger partial charge on any atom is -0.399 e. The number of nitrogen functional groups attached to an aromatic ring is 4. The molecule has 0 fully saturated rings. The molecular formula is C28H40N16O8S4. The molecule has 0 aromatic heterocycles. The highest BCUT2D eigenvalue weighted by Crippen LogP contribution is 2.16. The van der Waals surface area contributed by atoms with Crippen LogP contribution in [-0.4, -0.2) is 57.5 Å². The van der Waals surface area contributed by atoms with Gasteiger partial charge < -0.3 is 68.8 Å². The van der Waals surface area contributed by atoms with Gasteiger partial charge in [-0.1, -0.05) is 0 Å². The van der Waals surface area contributed by atoms with E-state index < -0.39 is 63.9 Å². The Balaban J connectivity index is 0.000000373. The van der Waals surface area contributed by atoms with E-state index in [2.05, 4.69) is 17.6 Å². The average Bonchev–Trinajstić information content (AvgIpc) is 3.04. The van der Waals surface area contributed by atoms with E-state index in [1.54, 1.807) is 0 Å². The standard InChI is InChI=1S/4C7H10N4O2S/c4*8-5-1-3-6(4-2-5)14(12,13)11-7(9)10/h4*1-4H,8H2,(H4,9,10,11). The van der Waals surface area contributed by atoms with Gasteiger partial charge in [-0.25, -0.2) is 0 Å². The van der Waals surface area contributed by atoms with Gasteiger partial charge in [0.1, 0.15) is 0 Å². The van der Waals surface area contributed by atoms with E-state index in [4.69, 9.17) is 68.8 Å². The third-order valence-corrected chi connectivity index (χ3v) is 10.9. The minimum atomic E-state index is -3.79. The second-order valence-corrected chi connectivity index (χ2v) is 16.7. The molecule has 4 aromatic rings. The smallest absolute Gasteiger partial charge is 0.285 e. The third-order valence-electron chi connectivity index (χ3n) is 5.61. The molecule has 0 aliphatic carbocycles. The zero-order valence-electron chi connectivity index (χ0n) is 28.9. The van der Waals surface area contributed by atoms with Crippen molar-refractivity contribution in [1.82, 2.24) is 0 Å². The molecule has 0 spiro atoms. The van der Waals surface area contributed by atoms with Crippen molar-refractivity contribution in [1.29, 1.82) is 0 Å². The lowest BCUT2D eigenvalue weighted by atomic mass is 10.3. The van der Waals surface area contributed by atoms with Gasteiger partial charge in [0.05, 0.1) is 19.6 Å². The van der Waals surface area contributed by atoms with Gasteiger partial charge in [0, 0.05) is 22.7 Å². The second-order valence-electron chi connectivity index (χ2n) is 10.2. The van der Waals surface area contributed by atoms with Crippen molar-refractivity contribution < 1.29 is 33.7 Å². The van der Waals surface area contributed by atoms with Crippen molar-refractivity contribution in [3.63, 3.8) is 0 Å². The molecule has 0 saturated carbocycles. The molecule has 304 valence electrons. The summed E-state index contributed by atoms with van der Waals surface area (Å²) in [5.74, 6) is -1.99. The van der Waals surface area contributed by atoms with Gasteiger partial charge in [-0.15, -0.1) is 17.6 Å². The molecule has 0 bridgehead atoms. The van der Waals surface area contributed by atoms with Crippen LogP contribution in [0.2, 0.25) is 0 Å². The number of hydrogen-bond acceptors (Lipinski definition) is 12. The van der Waals surface area contributed by atoms with Crippen LogP contribution >= 0.6 is 0 Å². The van der Waals surface area contributed by atoms with Crippen LogP contribution in [0, 0.1) is 0 Å². The minimum absolute atomic E-state index is 0.0000926. The van der Waals surface area contributed by atoms with Gasteiger partial charge >= 0.3 is 0 Å². The van der Waals surface area contributed by atoms with E-state index >= 15 is 0 Å². The van der Waals surface area contributed by atoms with E-state index in [1.807, 2.05) is 0 Å². The molecule has 0 unspecified atom stereocenters. The summed E-state index contributed by atoms with van der Waals surface area (Å²) in [6.45, 7) is 0. The van der Waals surface area contributed by atoms with Crippen molar-refractivity contribution in [3.8, 4) is 0 Å². The number of benzene rings is 4. The first-order chi connectivity index (χ1) is 25.7. The number of hydrogen-bond donors (Lipinski definition) is 12. The molecular weight excluding hydrogens is 817 g/mol. The largest absolute Gasteiger partial charge is 0.399 e. The van der Waals surface area contributed by atoms with Crippen LogP contribution in [0.5, 0.6) is 0 Å². The van der Waals surface area contributed by atoms with E-state index in [9.17, 15) is 33.7 Å². The first-order valence-electron chi connectivity index (χ1n) is 14.5. The number of nitrogens with two attached hydrogens (primary N) is 12. The summed E-state index contributed by atoms with van der Waals surface area (Å²) < 4.78 is 103. The SMILES string of the molecule is NC(N)=NS(=O)(=O)c1ccc(N)cc1.NC(N)=NS(=O)(=O)c1ccc(N)cc1.NC(N)=NS(=O)(=O)c1ccc(N)cc1.NC(N)=NS(=O)(=O)c1ccc(N)cc1. The van der Waals surface area contributed by atoms with Crippen molar-refractivity contribution in [2.45, 2.75) is 19.6 Å². The monoisotopic (exact) mass is 856 g/mol. The highest BCUT2D eigenvalue weighted by molar-refractivity contribution is 7.91. The van der Waals surface area contributed by atoms with Gasteiger partial charge in [0.2, 0.25) is 23.8 Å². The first kappa shape index (κ1) is 47.0. The van der Waals surface area contributed by atoms with E-state index in [1.165, 1.54) is 97.1 Å². The Morgan fingerprint density at radius 3 is 0.518 bits per heavy atom. The summed E-state index contributed by atoms with van der Waals surface area (Å²) in [7, 11) is -15.2. The van der Waals surface area contributed by atoms with E-state index in [-0.39, 0.29) is 19.6 Å². The van der Waals surface area contributed by atoms with Gasteiger partial charge in [-0.3, -0.25) is 0 Å². The number of rotatable bonds is 8. The van der Waals surface area contributed by atoms with Crippen LogP contribution in [0.25, 0.3) is 0 Å². The van der Waals surface area contributed by atoms with Crippen molar-refractivity contribution >= 4 is 86.7 Å². The number of guanidine groups is 4. The lowest BCUT2D eigenvalue weighted by Gasteiger charge is -1.99. The van der Waals surface area contributed by atoms with Gasteiger partial charge in [-0.05, 0) is 97.1 Å². The molecule has 56 heavy (non-hydrogen) atoms. The molecule has 0 amide bonds. The summed E-state index contributed by atoms with van der Waals surface area (Å²) in [6, 6.07) is 22.3. The molecule has 0 atom stereocenters. The molecule has 0 aliphatic heterocycles. The quantitative estimate of drug-likeness (QED) is 0.0475. The lowest BCUT2D eigenvalue weighted by Crippen LogP contribution is -2.24.